The van der Waals surface area contributed by atoms with Crippen molar-refractivity contribution in [3.63, 3.8) is 0 Å². The van der Waals surface area contributed by atoms with Crippen LogP contribution in [-0.4, -0.2) is 0 Å². The van der Waals surface area contributed by atoms with Crippen LogP contribution in [0.5, 0.6) is 0 Å². The largest absolute Gasteiger partial charge is 1.00 e. The summed E-state index contributed by atoms with van der Waals surface area (Å²) in [6.07, 6.45) is 3.67. The van der Waals surface area contributed by atoms with Crippen LogP contribution >= 0.6 is 0 Å². The molecule has 0 atom stereocenters. The minimum Gasteiger partial charge on any atom is -0.281 e. The number of rotatable bonds is 4. The van der Waals surface area contributed by atoms with Crippen molar-refractivity contribution in [1.82, 2.24) is 0 Å². The van der Waals surface area contributed by atoms with Gasteiger partial charge in [-0.2, -0.15) is 12.1 Å². The van der Waals surface area contributed by atoms with Crippen molar-refractivity contribution in [3.8, 4) is 0 Å². The fraction of sp³-hybridized carbons (Fsp3) is 0.455. The summed E-state index contributed by atoms with van der Waals surface area (Å²) in [6.45, 7) is 2.08. The molecule has 0 bridgehead atoms. The third-order valence-electron chi connectivity index (χ3n) is 2.02. The van der Waals surface area contributed by atoms with Gasteiger partial charge in [0.1, 0.15) is 0 Å². The predicted octanol–water partition coefficient (Wildman–Crippen LogP) is 0.502. The summed E-state index contributed by atoms with van der Waals surface area (Å²) < 4.78 is 25.7. The summed E-state index contributed by atoms with van der Waals surface area (Å²) in [5.41, 5.74) is 0.463. The zero-order valence-electron chi connectivity index (χ0n) is 8.74. The normalized spacial score (nSPS) is 9.64. The molecular weight excluding hydrogens is 177 g/mol. The van der Waals surface area contributed by atoms with Crippen LogP contribution in [0.2, 0.25) is 0 Å². The zero-order chi connectivity index (χ0) is 9.68. The van der Waals surface area contributed by atoms with Crippen LogP contribution in [0.3, 0.4) is 0 Å². The van der Waals surface area contributed by atoms with E-state index in [4.69, 9.17) is 0 Å². The van der Waals surface area contributed by atoms with Crippen LogP contribution in [0, 0.1) is 17.7 Å². The van der Waals surface area contributed by atoms with E-state index in [0.29, 0.717) is 12.0 Å². The van der Waals surface area contributed by atoms with Gasteiger partial charge in [-0.25, -0.2) is 4.39 Å². The fourth-order valence-corrected chi connectivity index (χ4v) is 1.25. The Bertz CT molecular complexity index is 274. The molecule has 0 nitrogen and oxygen atoms in total. The maximum Gasteiger partial charge on any atom is 1.00 e. The molecule has 0 spiro atoms. The third kappa shape index (κ3) is 3.82. The number of benzene rings is 1. The standard InChI is InChI=1S/C11H13F2.Li/c1-2-3-4-6-9-7-5-8-10(12)11(9)13;/h5,7H,2-4,6H2,1H3;/q-1;+1. The van der Waals surface area contributed by atoms with Gasteiger partial charge in [-0.3, -0.25) is 4.39 Å². The number of halogens is 2. The quantitative estimate of drug-likeness (QED) is 0.368. The van der Waals surface area contributed by atoms with E-state index < -0.39 is 11.6 Å². The molecule has 72 valence electrons. The summed E-state index contributed by atoms with van der Waals surface area (Å²) in [6, 6.07) is 5.21. The Morgan fingerprint density at radius 2 is 2.00 bits per heavy atom. The minimum absolute atomic E-state index is 0. The van der Waals surface area contributed by atoms with Crippen molar-refractivity contribution < 1.29 is 27.6 Å². The van der Waals surface area contributed by atoms with Crippen molar-refractivity contribution >= 4 is 0 Å². The Labute approximate surface area is 95.9 Å². The summed E-state index contributed by atoms with van der Waals surface area (Å²) in [4.78, 5) is 0. The Balaban J connectivity index is 0.00000169. The van der Waals surface area contributed by atoms with Crippen LogP contribution in [0.1, 0.15) is 31.7 Å². The van der Waals surface area contributed by atoms with Crippen molar-refractivity contribution in [2.45, 2.75) is 32.6 Å². The van der Waals surface area contributed by atoms with Crippen LogP contribution in [0.25, 0.3) is 0 Å². The molecule has 14 heavy (non-hydrogen) atoms. The van der Waals surface area contributed by atoms with Crippen LogP contribution in [0.15, 0.2) is 12.1 Å². The summed E-state index contributed by atoms with van der Waals surface area (Å²) in [5, 5.41) is 0. The van der Waals surface area contributed by atoms with Crippen LogP contribution in [0.4, 0.5) is 8.78 Å². The van der Waals surface area contributed by atoms with Crippen molar-refractivity contribution in [3.05, 3.63) is 35.4 Å². The molecule has 0 aliphatic rings. The zero-order valence-corrected chi connectivity index (χ0v) is 8.74. The Morgan fingerprint density at radius 3 is 2.64 bits per heavy atom. The molecule has 0 aliphatic heterocycles. The first-order valence-electron chi connectivity index (χ1n) is 4.60. The molecule has 0 aliphatic carbocycles. The maximum absolute atomic E-state index is 13.0. The van der Waals surface area contributed by atoms with Gasteiger partial charge in [-0.15, -0.1) is 11.6 Å². The van der Waals surface area contributed by atoms with Gasteiger partial charge in [0.2, 0.25) is 0 Å². The molecule has 0 saturated heterocycles. The van der Waals surface area contributed by atoms with Gasteiger partial charge in [-0.1, -0.05) is 26.2 Å². The second kappa shape index (κ2) is 7.03. The number of hydrogen-bond acceptors (Lipinski definition) is 0. The van der Waals surface area contributed by atoms with E-state index in [-0.39, 0.29) is 18.9 Å². The molecule has 0 heterocycles. The fourth-order valence-electron chi connectivity index (χ4n) is 1.25. The minimum atomic E-state index is -0.867. The van der Waals surface area contributed by atoms with Crippen LogP contribution in [-0.2, 0) is 6.42 Å². The average molecular weight is 190 g/mol. The van der Waals surface area contributed by atoms with Gasteiger partial charge >= 0.3 is 18.9 Å². The third-order valence-corrected chi connectivity index (χ3v) is 2.02. The molecule has 0 radical (unpaired) electrons. The Morgan fingerprint density at radius 1 is 1.29 bits per heavy atom. The van der Waals surface area contributed by atoms with Gasteiger partial charge < -0.3 is 0 Å². The van der Waals surface area contributed by atoms with E-state index in [1.54, 1.807) is 6.07 Å². The second-order valence-electron chi connectivity index (χ2n) is 3.09. The molecule has 0 unspecified atom stereocenters. The average Bonchev–Trinajstić information content (AvgIpc) is 2.13. The number of unbranched alkanes of at least 4 members (excludes halogenated alkanes) is 2. The molecule has 0 fully saturated rings. The monoisotopic (exact) mass is 190 g/mol. The summed E-state index contributed by atoms with van der Waals surface area (Å²) in [7, 11) is 0. The molecule has 0 amide bonds. The van der Waals surface area contributed by atoms with E-state index in [1.165, 1.54) is 6.07 Å². The molecule has 0 saturated carbocycles. The maximum atomic E-state index is 13.0. The topological polar surface area (TPSA) is 0 Å². The van der Waals surface area contributed by atoms with Crippen molar-refractivity contribution in [2.24, 2.45) is 0 Å². The van der Waals surface area contributed by atoms with E-state index >= 15 is 0 Å². The molecule has 0 N–H and O–H groups in total. The van der Waals surface area contributed by atoms with Gasteiger partial charge in [0.05, 0.1) is 0 Å². The summed E-state index contributed by atoms with van der Waals surface area (Å²) in [5.74, 6) is -1.60. The molecule has 1 aromatic carbocycles. The molecule has 3 heteroatoms. The first-order chi connectivity index (χ1) is 6.25. The molecule has 1 rings (SSSR count). The molecule has 1 aromatic rings. The second-order valence-corrected chi connectivity index (χ2v) is 3.09. The van der Waals surface area contributed by atoms with Gasteiger partial charge in [0.15, 0.2) is 0 Å². The number of hydrogen-bond donors (Lipinski definition) is 0. The van der Waals surface area contributed by atoms with Gasteiger partial charge in [-0.05, 0) is 6.42 Å². The first kappa shape index (κ1) is 13.7. The van der Waals surface area contributed by atoms with E-state index in [9.17, 15) is 8.78 Å². The SMILES string of the molecule is CCCCCc1cc[c-]c(F)c1F.[Li+]. The van der Waals surface area contributed by atoms with Crippen molar-refractivity contribution in [1.29, 1.82) is 0 Å². The first-order valence-corrected chi connectivity index (χ1v) is 4.60. The summed E-state index contributed by atoms with van der Waals surface area (Å²) >= 11 is 0. The number of aryl methyl sites for hydroxylation is 1. The van der Waals surface area contributed by atoms with E-state index in [2.05, 4.69) is 13.0 Å². The van der Waals surface area contributed by atoms with Crippen molar-refractivity contribution in [2.75, 3.05) is 0 Å². The Kier molecular flexibility index (Phi) is 6.87. The van der Waals surface area contributed by atoms with Crippen LogP contribution < -0.4 is 18.9 Å². The van der Waals surface area contributed by atoms with E-state index in [0.717, 1.165) is 19.3 Å². The molecular formula is C11H13F2Li. The molecule has 0 aromatic heterocycles. The van der Waals surface area contributed by atoms with Gasteiger partial charge in [0.25, 0.3) is 0 Å². The van der Waals surface area contributed by atoms with Gasteiger partial charge in [0, 0.05) is 11.6 Å². The Hall–Kier alpha value is -0.323. The predicted molar refractivity (Wildman–Crippen MR) is 48.4 cm³/mol. The smallest absolute Gasteiger partial charge is 0.281 e. The van der Waals surface area contributed by atoms with E-state index in [1.807, 2.05) is 0 Å².